The summed E-state index contributed by atoms with van der Waals surface area (Å²) in [5.74, 6) is -0.417. The van der Waals surface area contributed by atoms with Gasteiger partial charge < -0.3 is 10.6 Å². The van der Waals surface area contributed by atoms with Gasteiger partial charge in [-0.2, -0.15) is 0 Å². The Labute approximate surface area is 136 Å². The van der Waals surface area contributed by atoms with Gasteiger partial charge in [-0.05, 0) is 24.1 Å². The molecule has 0 aromatic heterocycles. The van der Waals surface area contributed by atoms with Gasteiger partial charge in [0.2, 0.25) is 5.91 Å². The molecule has 0 atom stereocenters. The fraction of sp³-hybridized carbons (Fsp3) is 0.263. The van der Waals surface area contributed by atoms with E-state index in [0.29, 0.717) is 17.8 Å². The molecule has 4 nitrogen and oxygen atoms in total. The number of carbonyl (C=O) groups is 2. The van der Waals surface area contributed by atoms with Crippen LogP contribution in [-0.2, 0) is 11.2 Å². The van der Waals surface area contributed by atoms with Crippen molar-refractivity contribution in [2.45, 2.75) is 20.3 Å². The predicted molar refractivity (Wildman–Crippen MR) is 92.4 cm³/mol. The smallest absolute Gasteiger partial charge is 0.253 e. The second-order valence-electron chi connectivity index (χ2n) is 5.68. The fourth-order valence-electron chi connectivity index (χ4n) is 2.13. The van der Waals surface area contributed by atoms with E-state index in [1.54, 1.807) is 24.3 Å². The molecule has 0 heterocycles. The van der Waals surface area contributed by atoms with Crippen molar-refractivity contribution >= 4 is 17.5 Å². The first-order valence-electron chi connectivity index (χ1n) is 7.80. The monoisotopic (exact) mass is 310 g/mol. The van der Waals surface area contributed by atoms with Gasteiger partial charge in [0, 0.05) is 12.5 Å². The highest BCUT2D eigenvalue weighted by Crippen LogP contribution is 2.16. The van der Waals surface area contributed by atoms with E-state index in [-0.39, 0.29) is 17.7 Å². The lowest BCUT2D eigenvalue weighted by Crippen LogP contribution is -2.27. The van der Waals surface area contributed by atoms with E-state index in [1.165, 1.54) is 5.56 Å². The summed E-state index contributed by atoms with van der Waals surface area (Å²) in [7, 11) is 0. The molecule has 23 heavy (non-hydrogen) atoms. The van der Waals surface area contributed by atoms with E-state index in [1.807, 2.05) is 44.2 Å². The molecule has 4 heteroatoms. The molecule has 2 N–H and O–H groups in total. The molecule has 0 radical (unpaired) electrons. The van der Waals surface area contributed by atoms with Crippen molar-refractivity contribution in [3.8, 4) is 0 Å². The minimum Gasteiger partial charge on any atom is -0.352 e. The van der Waals surface area contributed by atoms with Crippen LogP contribution in [0.4, 0.5) is 5.69 Å². The number of anilines is 1. The number of hydrogen-bond acceptors (Lipinski definition) is 2. The minimum absolute atomic E-state index is 0.102. The van der Waals surface area contributed by atoms with Gasteiger partial charge in [-0.15, -0.1) is 0 Å². The molecule has 0 saturated heterocycles. The molecule has 2 amide bonds. The first kappa shape index (κ1) is 16.7. The largest absolute Gasteiger partial charge is 0.352 e. The SMILES string of the molecule is CC(C)C(=O)Nc1ccccc1C(=O)NCCc1ccccc1. The van der Waals surface area contributed by atoms with Gasteiger partial charge in [0.15, 0.2) is 0 Å². The molecule has 0 fully saturated rings. The Bertz CT molecular complexity index is 666. The third-order valence-electron chi connectivity index (χ3n) is 3.50. The van der Waals surface area contributed by atoms with Crippen LogP contribution in [0.25, 0.3) is 0 Å². The molecule has 2 aromatic rings. The zero-order valence-corrected chi connectivity index (χ0v) is 13.5. The molecular weight excluding hydrogens is 288 g/mol. The van der Waals surface area contributed by atoms with Gasteiger partial charge in [0.25, 0.3) is 5.91 Å². The summed E-state index contributed by atoms with van der Waals surface area (Å²) in [5, 5.41) is 5.70. The number of benzene rings is 2. The Morgan fingerprint density at radius 2 is 1.61 bits per heavy atom. The van der Waals surface area contributed by atoms with Crippen LogP contribution in [0.1, 0.15) is 29.8 Å². The Morgan fingerprint density at radius 1 is 0.957 bits per heavy atom. The second-order valence-corrected chi connectivity index (χ2v) is 5.68. The van der Waals surface area contributed by atoms with E-state index in [2.05, 4.69) is 10.6 Å². The van der Waals surface area contributed by atoms with Crippen molar-refractivity contribution in [2.24, 2.45) is 5.92 Å². The summed E-state index contributed by atoms with van der Waals surface area (Å²) in [6, 6.07) is 17.0. The third-order valence-corrected chi connectivity index (χ3v) is 3.50. The van der Waals surface area contributed by atoms with Gasteiger partial charge >= 0.3 is 0 Å². The van der Waals surface area contributed by atoms with Crippen molar-refractivity contribution < 1.29 is 9.59 Å². The maximum atomic E-state index is 12.3. The van der Waals surface area contributed by atoms with Crippen molar-refractivity contribution in [3.05, 3.63) is 65.7 Å². The van der Waals surface area contributed by atoms with Crippen molar-refractivity contribution in [1.29, 1.82) is 0 Å². The molecule has 0 spiro atoms. The average molecular weight is 310 g/mol. The Balaban J connectivity index is 1.97. The Kier molecular flexibility index (Phi) is 5.92. The summed E-state index contributed by atoms with van der Waals surface area (Å²) in [6.07, 6.45) is 0.771. The highest BCUT2D eigenvalue weighted by atomic mass is 16.2. The van der Waals surface area contributed by atoms with E-state index in [4.69, 9.17) is 0 Å². The number of para-hydroxylation sites is 1. The maximum Gasteiger partial charge on any atom is 0.253 e. The van der Waals surface area contributed by atoms with Crippen LogP contribution in [0.2, 0.25) is 0 Å². The molecule has 0 saturated carbocycles. The fourth-order valence-corrected chi connectivity index (χ4v) is 2.13. The van der Waals surface area contributed by atoms with E-state index in [0.717, 1.165) is 6.42 Å². The molecule has 0 bridgehead atoms. The quantitative estimate of drug-likeness (QED) is 0.860. The summed E-state index contributed by atoms with van der Waals surface area (Å²) in [6.45, 7) is 4.19. The van der Waals surface area contributed by atoms with Crippen LogP contribution < -0.4 is 10.6 Å². The van der Waals surface area contributed by atoms with Gasteiger partial charge in [0.05, 0.1) is 11.3 Å². The number of carbonyl (C=O) groups excluding carboxylic acids is 2. The predicted octanol–water partition coefficient (Wildman–Crippen LogP) is 3.25. The van der Waals surface area contributed by atoms with Crippen LogP contribution in [0.5, 0.6) is 0 Å². The number of rotatable bonds is 6. The first-order chi connectivity index (χ1) is 11.1. The topological polar surface area (TPSA) is 58.2 Å². The number of amides is 2. The molecule has 2 rings (SSSR count). The summed E-state index contributed by atoms with van der Waals surface area (Å²) in [4.78, 5) is 24.2. The molecule has 2 aromatic carbocycles. The number of nitrogens with one attached hydrogen (secondary N) is 2. The lowest BCUT2D eigenvalue weighted by molar-refractivity contribution is -0.118. The summed E-state index contributed by atoms with van der Waals surface area (Å²) >= 11 is 0. The Hall–Kier alpha value is -2.62. The minimum atomic E-state index is -0.180. The summed E-state index contributed by atoms with van der Waals surface area (Å²) < 4.78 is 0. The molecule has 0 aliphatic rings. The molecule has 0 aliphatic heterocycles. The lowest BCUT2D eigenvalue weighted by atomic mass is 10.1. The van der Waals surface area contributed by atoms with Gasteiger partial charge in [-0.25, -0.2) is 0 Å². The highest BCUT2D eigenvalue weighted by Gasteiger charge is 2.14. The normalized spacial score (nSPS) is 10.4. The van der Waals surface area contributed by atoms with Crippen molar-refractivity contribution in [1.82, 2.24) is 5.32 Å². The van der Waals surface area contributed by atoms with Gasteiger partial charge in [-0.1, -0.05) is 56.3 Å². The van der Waals surface area contributed by atoms with E-state index < -0.39 is 0 Å². The van der Waals surface area contributed by atoms with Crippen molar-refractivity contribution in [2.75, 3.05) is 11.9 Å². The zero-order chi connectivity index (χ0) is 16.7. The number of hydrogen-bond donors (Lipinski definition) is 2. The second kappa shape index (κ2) is 8.13. The molecular formula is C19H22N2O2. The maximum absolute atomic E-state index is 12.3. The third kappa shape index (κ3) is 4.95. The highest BCUT2D eigenvalue weighted by molar-refractivity contribution is 6.04. The summed E-state index contributed by atoms with van der Waals surface area (Å²) in [5.41, 5.74) is 2.20. The molecule has 0 unspecified atom stereocenters. The van der Waals surface area contributed by atoms with Gasteiger partial charge in [-0.3, -0.25) is 9.59 Å². The van der Waals surface area contributed by atoms with Crippen LogP contribution >= 0.6 is 0 Å². The van der Waals surface area contributed by atoms with Crippen LogP contribution in [0, 0.1) is 5.92 Å². The van der Waals surface area contributed by atoms with Crippen molar-refractivity contribution in [3.63, 3.8) is 0 Å². The van der Waals surface area contributed by atoms with Crippen LogP contribution in [-0.4, -0.2) is 18.4 Å². The lowest BCUT2D eigenvalue weighted by Gasteiger charge is -2.12. The van der Waals surface area contributed by atoms with Crippen LogP contribution in [0.15, 0.2) is 54.6 Å². The standard InChI is InChI=1S/C19H22N2O2/c1-14(2)18(22)21-17-11-7-6-10-16(17)19(23)20-13-12-15-8-4-3-5-9-15/h3-11,14H,12-13H2,1-2H3,(H,20,23)(H,21,22). The Morgan fingerprint density at radius 3 is 2.30 bits per heavy atom. The van der Waals surface area contributed by atoms with Gasteiger partial charge in [0.1, 0.15) is 0 Å². The zero-order valence-electron chi connectivity index (χ0n) is 13.5. The van der Waals surface area contributed by atoms with Crippen LogP contribution in [0.3, 0.4) is 0 Å². The van der Waals surface area contributed by atoms with E-state index >= 15 is 0 Å². The molecule has 120 valence electrons. The average Bonchev–Trinajstić information content (AvgIpc) is 2.56. The first-order valence-corrected chi connectivity index (χ1v) is 7.80. The van der Waals surface area contributed by atoms with E-state index in [9.17, 15) is 9.59 Å². The molecule has 0 aliphatic carbocycles.